The first-order valence-corrected chi connectivity index (χ1v) is 6.95. The third-order valence-corrected chi connectivity index (χ3v) is 3.91. The number of morpholine rings is 1. The molecular weight excluding hydrogens is 232 g/mol. The van der Waals surface area contributed by atoms with Crippen LogP contribution in [0, 0.1) is 0 Å². The summed E-state index contributed by atoms with van der Waals surface area (Å²) in [6.45, 7) is 4.47. The van der Waals surface area contributed by atoms with E-state index in [4.69, 9.17) is 4.74 Å². The number of carbonyl (C=O) groups excluding carboxylic acids is 1. The highest BCUT2D eigenvalue weighted by molar-refractivity contribution is 5.72. The molecule has 0 aromatic carbocycles. The third-order valence-electron chi connectivity index (χ3n) is 3.91. The molecule has 18 heavy (non-hydrogen) atoms. The number of ether oxygens (including phenoxy) is 1. The average molecular weight is 256 g/mol. The summed E-state index contributed by atoms with van der Waals surface area (Å²) in [7, 11) is 0. The van der Waals surface area contributed by atoms with Crippen molar-refractivity contribution in [2.45, 2.75) is 50.9 Å². The first-order chi connectivity index (χ1) is 8.66. The quantitative estimate of drug-likeness (QED) is 0.753. The molecule has 0 aromatic heterocycles. The van der Waals surface area contributed by atoms with Crippen molar-refractivity contribution in [3.63, 3.8) is 0 Å². The lowest BCUT2D eigenvalue weighted by Crippen LogP contribution is -2.54. The molecule has 1 heterocycles. The largest absolute Gasteiger partial charge is 0.391 e. The van der Waals surface area contributed by atoms with E-state index < -0.39 is 0 Å². The van der Waals surface area contributed by atoms with Crippen molar-refractivity contribution in [3.05, 3.63) is 0 Å². The number of nitrogens with one attached hydrogen (secondary N) is 1. The van der Waals surface area contributed by atoms with Crippen LogP contribution in [0.25, 0.3) is 0 Å². The first kappa shape index (κ1) is 13.8. The van der Waals surface area contributed by atoms with Gasteiger partial charge in [-0.3, -0.25) is 9.69 Å². The fraction of sp³-hybridized carbons (Fsp3) is 0.923. The zero-order valence-electron chi connectivity index (χ0n) is 11.1. The van der Waals surface area contributed by atoms with E-state index in [1.54, 1.807) is 0 Å². The van der Waals surface area contributed by atoms with Crippen LogP contribution in [0.15, 0.2) is 0 Å². The maximum absolute atomic E-state index is 10.9. The molecule has 5 heteroatoms. The molecule has 1 amide bonds. The zero-order valence-corrected chi connectivity index (χ0v) is 11.1. The van der Waals surface area contributed by atoms with Crippen molar-refractivity contribution < 1.29 is 14.6 Å². The standard InChI is InChI=1S/C13H24N2O3/c1-10(16)14-8-11-9-15(6-7-18-11)12-4-2-3-5-13(12)17/h11-13,17H,2-9H2,1H3,(H,14,16)/t11-,12+,13+/m1/s1. The molecule has 1 aliphatic heterocycles. The van der Waals surface area contributed by atoms with Gasteiger partial charge in [-0.2, -0.15) is 0 Å². The topological polar surface area (TPSA) is 61.8 Å². The third kappa shape index (κ3) is 3.67. The minimum atomic E-state index is -0.196. The number of hydrogen-bond acceptors (Lipinski definition) is 4. The highest BCUT2D eigenvalue weighted by Crippen LogP contribution is 2.24. The maximum atomic E-state index is 10.9. The molecule has 2 fully saturated rings. The molecule has 1 saturated carbocycles. The molecule has 3 atom stereocenters. The minimum absolute atomic E-state index is 0.0200. The summed E-state index contributed by atoms with van der Waals surface area (Å²) in [5.74, 6) is -0.0200. The van der Waals surface area contributed by atoms with Crippen LogP contribution in [0.5, 0.6) is 0 Å². The summed E-state index contributed by atoms with van der Waals surface area (Å²) in [5, 5.41) is 12.9. The lowest BCUT2D eigenvalue weighted by molar-refractivity contribution is -0.120. The van der Waals surface area contributed by atoms with Gasteiger partial charge in [-0.05, 0) is 12.8 Å². The summed E-state index contributed by atoms with van der Waals surface area (Å²) in [5.41, 5.74) is 0. The van der Waals surface area contributed by atoms with Gasteiger partial charge in [0.25, 0.3) is 0 Å². The fourth-order valence-corrected chi connectivity index (χ4v) is 2.94. The Morgan fingerprint density at radius 3 is 2.94 bits per heavy atom. The molecular formula is C13H24N2O3. The van der Waals surface area contributed by atoms with Crippen molar-refractivity contribution >= 4 is 5.91 Å². The highest BCUT2D eigenvalue weighted by Gasteiger charge is 2.32. The number of aliphatic hydroxyl groups excluding tert-OH is 1. The van der Waals surface area contributed by atoms with E-state index in [1.807, 2.05) is 0 Å². The molecule has 0 radical (unpaired) electrons. The van der Waals surface area contributed by atoms with E-state index in [0.29, 0.717) is 13.2 Å². The van der Waals surface area contributed by atoms with Gasteiger partial charge < -0.3 is 15.2 Å². The molecule has 0 unspecified atom stereocenters. The summed E-state index contributed by atoms with van der Waals surface area (Å²) in [6, 6.07) is 0.280. The van der Waals surface area contributed by atoms with Crippen molar-refractivity contribution in [3.8, 4) is 0 Å². The number of aliphatic hydroxyl groups is 1. The van der Waals surface area contributed by atoms with Gasteiger partial charge in [0, 0.05) is 32.6 Å². The number of carbonyl (C=O) groups is 1. The monoisotopic (exact) mass is 256 g/mol. The zero-order chi connectivity index (χ0) is 13.0. The molecule has 0 aromatic rings. The van der Waals surface area contributed by atoms with Crippen LogP contribution in [0.3, 0.4) is 0 Å². The Labute approximate surface area is 108 Å². The van der Waals surface area contributed by atoms with Gasteiger partial charge in [-0.25, -0.2) is 0 Å². The van der Waals surface area contributed by atoms with Crippen molar-refractivity contribution in [1.29, 1.82) is 0 Å². The van der Waals surface area contributed by atoms with Crippen LogP contribution >= 0.6 is 0 Å². The predicted octanol–water partition coefficient (Wildman–Crippen LogP) is 0.127. The molecule has 2 N–H and O–H groups in total. The van der Waals surface area contributed by atoms with Crippen molar-refractivity contribution in [1.82, 2.24) is 10.2 Å². The Hall–Kier alpha value is -0.650. The minimum Gasteiger partial charge on any atom is -0.391 e. The number of rotatable bonds is 3. The number of nitrogens with zero attached hydrogens (tertiary/aromatic N) is 1. The maximum Gasteiger partial charge on any atom is 0.216 e. The van der Waals surface area contributed by atoms with E-state index in [2.05, 4.69) is 10.2 Å². The normalized spacial score (nSPS) is 34.2. The molecule has 2 aliphatic rings. The van der Waals surface area contributed by atoms with Gasteiger partial charge in [0.05, 0.1) is 18.8 Å². The smallest absolute Gasteiger partial charge is 0.216 e. The summed E-state index contributed by atoms with van der Waals surface area (Å²) < 4.78 is 5.65. The Bertz CT molecular complexity index is 285. The Morgan fingerprint density at radius 2 is 2.22 bits per heavy atom. The Kier molecular flexibility index (Phi) is 4.97. The number of hydrogen-bond donors (Lipinski definition) is 2. The summed E-state index contributed by atoms with van der Waals surface area (Å²) in [4.78, 5) is 13.2. The van der Waals surface area contributed by atoms with Crippen molar-refractivity contribution in [2.75, 3.05) is 26.2 Å². The van der Waals surface area contributed by atoms with E-state index in [1.165, 1.54) is 13.3 Å². The van der Waals surface area contributed by atoms with E-state index in [-0.39, 0.29) is 24.2 Å². The predicted molar refractivity (Wildman–Crippen MR) is 68.3 cm³/mol. The molecule has 0 spiro atoms. The second-order valence-electron chi connectivity index (χ2n) is 5.34. The Balaban J connectivity index is 1.83. The van der Waals surface area contributed by atoms with Crippen LogP contribution in [0.4, 0.5) is 0 Å². The van der Waals surface area contributed by atoms with Crippen molar-refractivity contribution in [2.24, 2.45) is 0 Å². The van der Waals surface area contributed by atoms with Gasteiger partial charge in [0.1, 0.15) is 0 Å². The van der Waals surface area contributed by atoms with E-state index >= 15 is 0 Å². The second-order valence-corrected chi connectivity index (χ2v) is 5.34. The van der Waals surface area contributed by atoms with Crippen LogP contribution in [0.1, 0.15) is 32.6 Å². The van der Waals surface area contributed by atoms with E-state index in [0.717, 1.165) is 32.4 Å². The van der Waals surface area contributed by atoms with Gasteiger partial charge in [-0.15, -0.1) is 0 Å². The fourth-order valence-electron chi connectivity index (χ4n) is 2.94. The summed E-state index contributed by atoms with van der Waals surface area (Å²) >= 11 is 0. The average Bonchev–Trinajstić information content (AvgIpc) is 2.37. The number of amides is 1. The van der Waals surface area contributed by atoms with Gasteiger partial charge in [-0.1, -0.05) is 12.8 Å². The lowest BCUT2D eigenvalue weighted by atomic mass is 9.91. The lowest BCUT2D eigenvalue weighted by Gasteiger charge is -2.42. The summed E-state index contributed by atoms with van der Waals surface area (Å²) in [6.07, 6.45) is 4.19. The van der Waals surface area contributed by atoms with Crippen LogP contribution in [-0.4, -0.2) is 60.4 Å². The van der Waals surface area contributed by atoms with Crippen LogP contribution in [0.2, 0.25) is 0 Å². The second kappa shape index (κ2) is 6.50. The van der Waals surface area contributed by atoms with E-state index in [9.17, 15) is 9.90 Å². The molecule has 104 valence electrons. The SMILES string of the molecule is CC(=O)NC[C@@H]1CN([C@H]2CCCC[C@@H]2O)CCO1. The van der Waals surface area contributed by atoms with Crippen LogP contribution in [-0.2, 0) is 9.53 Å². The highest BCUT2D eigenvalue weighted by atomic mass is 16.5. The molecule has 2 rings (SSSR count). The molecule has 1 aliphatic carbocycles. The first-order valence-electron chi connectivity index (χ1n) is 6.95. The van der Waals surface area contributed by atoms with Crippen LogP contribution < -0.4 is 5.32 Å². The Morgan fingerprint density at radius 1 is 1.44 bits per heavy atom. The molecule has 1 saturated heterocycles. The molecule has 0 bridgehead atoms. The molecule has 5 nitrogen and oxygen atoms in total. The van der Waals surface area contributed by atoms with Gasteiger partial charge in [0.2, 0.25) is 5.91 Å². The van der Waals surface area contributed by atoms with Gasteiger partial charge >= 0.3 is 0 Å². The van der Waals surface area contributed by atoms with Gasteiger partial charge in [0.15, 0.2) is 0 Å².